The molecular formula is C22H34N2O3. The summed E-state index contributed by atoms with van der Waals surface area (Å²) in [6.07, 6.45) is 12.5. The molecule has 4 saturated carbocycles. The Hall–Kier alpha value is -1.10. The van der Waals surface area contributed by atoms with Gasteiger partial charge in [-0.25, -0.2) is 0 Å². The summed E-state index contributed by atoms with van der Waals surface area (Å²) < 4.78 is 5.64. The molecule has 2 aliphatic heterocycles. The molecule has 27 heavy (non-hydrogen) atoms. The first kappa shape index (κ1) is 18.0. The van der Waals surface area contributed by atoms with Gasteiger partial charge in [-0.15, -0.1) is 0 Å². The molecule has 0 aromatic carbocycles. The molecule has 5 nitrogen and oxygen atoms in total. The van der Waals surface area contributed by atoms with Crippen molar-refractivity contribution < 1.29 is 14.3 Å². The lowest BCUT2D eigenvalue weighted by atomic mass is 9.49. The molecule has 5 heteroatoms. The van der Waals surface area contributed by atoms with Crippen LogP contribution in [0.5, 0.6) is 0 Å². The number of rotatable bonds is 5. The summed E-state index contributed by atoms with van der Waals surface area (Å²) in [5.74, 6) is 2.67. The monoisotopic (exact) mass is 374 g/mol. The van der Waals surface area contributed by atoms with Crippen molar-refractivity contribution in [1.82, 2.24) is 10.2 Å². The minimum absolute atomic E-state index is 0.0589. The van der Waals surface area contributed by atoms with Crippen LogP contribution in [0.25, 0.3) is 0 Å². The van der Waals surface area contributed by atoms with Gasteiger partial charge in [0.25, 0.3) is 0 Å². The zero-order valence-corrected chi connectivity index (χ0v) is 16.5. The van der Waals surface area contributed by atoms with Crippen molar-refractivity contribution in [2.75, 3.05) is 19.7 Å². The first-order valence-corrected chi connectivity index (χ1v) is 11.3. The Morgan fingerprint density at radius 2 is 1.70 bits per heavy atom. The number of hydrogen-bond acceptors (Lipinski definition) is 3. The molecule has 4 aliphatic carbocycles. The summed E-state index contributed by atoms with van der Waals surface area (Å²) >= 11 is 0. The van der Waals surface area contributed by atoms with Crippen LogP contribution in [0.2, 0.25) is 0 Å². The van der Waals surface area contributed by atoms with Crippen molar-refractivity contribution in [3.63, 3.8) is 0 Å². The van der Waals surface area contributed by atoms with E-state index in [0.717, 1.165) is 82.3 Å². The standard InChI is InChI=1S/C22H34N2O3/c25-20(23-6-5-18-3-2-8-27-18)19-4-1-7-24(19)21(26)22-12-15-9-16(13-22)11-17(10-15)14-22/h15-19H,1-14H2,(H,23,25)/t15?,16?,17?,18-,19-,22?/m1/s1. The summed E-state index contributed by atoms with van der Waals surface area (Å²) in [6.45, 7) is 2.29. The number of nitrogens with one attached hydrogen (secondary N) is 1. The molecule has 0 aromatic heterocycles. The number of likely N-dealkylation sites (tertiary alicyclic amines) is 1. The third-order valence-corrected chi connectivity index (χ3v) is 8.10. The fourth-order valence-electron chi connectivity index (χ4n) is 7.31. The first-order valence-electron chi connectivity index (χ1n) is 11.3. The maximum Gasteiger partial charge on any atom is 0.242 e. The second kappa shape index (κ2) is 7.06. The number of carbonyl (C=O) groups excluding carboxylic acids is 2. The van der Waals surface area contributed by atoms with Crippen molar-refractivity contribution in [3.8, 4) is 0 Å². The molecular weight excluding hydrogens is 340 g/mol. The van der Waals surface area contributed by atoms with Crippen LogP contribution in [-0.4, -0.2) is 48.6 Å². The fraction of sp³-hybridized carbons (Fsp3) is 0.909. The Bertz CT molecular complexity index is 563. The smallest absolute Gasteiger partial charge is 0.242 e. The van der Waals surface area contributed by atoms with Crippen LogP contribution in [0.4, 0.5) is 0 Å². The number of carbonyl (C=O) groups is 2. The highest BCUT2D eigenvalue weighted by molar-refractivity contribution is 5.91. The van der Waals surface area contributed by atoms with Crippen LogP contribution in [0.3, 0.4) is 0 Å². The van der Waals surface area contributed by atoms with E-state index in [9.17, 15) is 9.59 Å². The fourth-order valence-corrected chi connectivity index (χ4v) is 7.31. The van der Waals surface area contributed by atoms with E-state index >= 15 is 0 Å². The van der Waals surface area contributed by atoms with E-state index in [0.29, 0.717) is 18.6 Å². The lowest BCUT2D eigenvalue weighted by Gasteiger charge is -2.56. The van der Waals surface area contributed by atoms with Gasteiger partial charge >= 0.3 is 0 Å². The van der Waals surface area contributed by atoms with Gasteiger partial charge in [0.2, 0.25) is 11.8 Å². The number of hydrogen-bond donors (Lipinski definition) is 1. The van der Waals surface area contributed by atoms with Crippen LogP contribution >= 0.6 is 0 Å². The summed E-state index contributed by atoms with van der Waals surface area (Å²) in [5.41, 5.74) is -0.130. The highest BCUT2D eigenvalue weighted by Crippen LogP contribution is 2.60. The summed E-state index contributed by atoms with van der Waals surface area (Å²) in [4.78, 5) is 28.4. The minimum atomic E-state index is -0.241. The van der Waals surface area contributed by atoms with Crippen LogP contribution in [0, 0.1) is 23.2 Å². The van der Waals surface area contributed by atoms with E-state index in [1.807, 2.05) is 4.90 Å². The van der Waals surface area contributed by atoms with Crippen LogP contribution in [-0.2, 0) is 14.3 Å². The molecule has 2 saturated heterocycles. The molecule has 4 bridgehead atoms. The van der Waals surface area contributed by atoms with Crippen molar-refractivity contribution in [3.05, 3.63) is 0 Å². The Morgan fingerprint density at radius 3 is 2.33 bits per heavy atom. The van der Waals surface area contributed by atoms with Gasteiger partial charge in [0.15, 0.2) is 0 Å². The van der Waals surface area contributed by atoms with Crippen molar-refractivity contribution in [1.29, 1.82) is 0 Å². The predicted molar refractivity (Wildman–Crippen MR) is 102 cm³/mol. The number of nitrogens with zero attached hydrogens (tertiary/aromatic N) is 1. The van der Waals surface area contributed by atoms with Crippen molar-refractivity contribution >= 4 is 11.8 Å². The zero-order valence-electron chi connectivity index (χ0n) is 16.5. The second-order valence-electron chi connectivity index (χ2n) is 10.1. The van der Waals surface area contributed by atoms with Crippen LogP contribution in [0.1, 0.15) is 70.6 Å². The molecule has 6 fully saturated rings. The molecule has 150 valence electrons. The highest BCUT2D eigenvalue weighted by atomic mass is 16.5. The maximum absolute atomic E-state index is 13.6. The normalized spacial score (nSPS) is 42.7. The molecule has 1 N–H and O–H groups in total. The van der Waals surface area contributed by atoms with Gasteiger partial charge < -0.3 is 15.0 Å². The minimum Gasteiger partial charge on any atom is -0.378 e. The predicted octanol–water partition coefficient (Wildman–Crippen LogP) is 2.88. The quantitative estimate of drug-likeness (QED) is 0.805. The molecule has 2 heterocycles. The Balaban J connectivity index is 1.21. The van der Waals surface area contributed by atoms with E-state index in [4.69, 9.17) is 4.74 Å². The molecule has 6 rings (SSSR count). The van der Waals surface area contributed by atoms with E-state index in [-0.39, 0.29) is 17.4 Å². The molecule has 0 spiro atoms. The lowest BCUT2D eigenvalue weighted by molar-refractivity contribution is -0.160. The van der Waals surface area contributed by atoms with Gasteiger partial charge in [-0.1, -0.05) is 0 Å². The summed E-state index contributed by atoms with van der Waals surface area (Å²) in [6, 6.07) is -0.241. The third-order valence-electron chi connectivity index (χ3n) is 8.10. The molecule has 0 aromatic rings. The maximum atomic E-state index is 13.6. The van der Waals surface area contributed by atoms with Gasteiger partial charge in [-0.3, -0.25) is 9.59 Å². The number of ether oxygens (including phenoxy) is 1. The average molecular weight is 375 g/mol. The molecule has 6 aliphatic rings. The Kier molecular flexibility index (Phi) is 4.69. The topological polar surface area (TPSA) is 58.6 Å². The van der Waals surface area contributed by atoms with Crippen LogP contribution < -0.4 is 5.32 Å². The molecule has 0 radical (unpaired) electrons. The Labute approximate surface area is 162 Å². The Morgan fingerprint density at radius 1 is 1.00 bits per heavy atom. The molecule has 2 atom stereocenters. The first-order chi connectivity index (χ1) is 13.1. The van der Waals surface area contributed by atoms with Crippen LogP contribution in [0.15, 0.2) is 0 Å². The van der Waals surface area contributed by atoms with Gasteiger partial charge in [-0.05, 0) is 88.4 Å². The van der Waals surface area contributed by atoms with E-state index in [1.54, 1.807) is 0 Å². The largest absolute Gasteiger partial charge is 0.378 e. The summed E-state index contributed by atoms with van der Waals surface area (Å²) in [5, 5.41) is 3.10. The van der Waals surface area contributed by atoms with E-state index in [2.05, 4.69) is 5.32 Å². The SMILES string of the molecule is O=C(NCC[C@H]1CCCO1)[C@H]1CCCN1C(=O)C12CC3CC(CC(C3)C1)C2. The third kappa shape index (κ3) is 3.30. The van der Waals surface area contributed by atoms with Gasteiger partial charge in [0, 0.05) is 19.7 Å². The van der Waals surface area contributed by atoms with Gasteiger partial charge in [-0.2, -0.15) is 0 Å². The molecule has 0 unspecified atom stereocenters. The van der Waals surface area contributed by atoms with Gasteiger partial charge in [0.05, 0.1) is 11.5 Å². The van der Waals surface area contributed by atoms with Crippen molar-refractivity contribution in [2.45, 2.75) is 82.8 Å². The second-order valence-corrected chi connectivity index (χ2v) is 10.1. The number of amides is 2. The van der Waals surface area contributed by atoms with E-state index < -0.39 is 0 Å². The zero-order chi connectivity index (χ0) is 18.4. The molecule has 2 amide bonds. The summed E-state index contributed by atoms with van der Waals surface area (Å²) in [7, 11) is 0. The lowest BCUT2D eigenvalue weighted by Crippen LogP contribution is -2.57. The average Bonchev–Trinajstić information content (AvgIpc) is 3.31. The van der Waals surface area contributed by atoms with E-state index in [1.165, 1.54) is 19.3 Å². The van der Waals surface area contributed by atoms with Crippen molar-refractivity contribution in [2.24, 2.45) is 23.2 Å². The highest BCUT2D eigenvalue weighted by Gasteiger charge is 2.56. The van der Waals surface area contributed by atoms with Gasteiger partial charge in [0.1, 0.15) is 6.04 Å².